The lowest BCUT2D eigenvalue weighted by atomic mass is 10.6. The maximum Gasteiger partial charge on any atom is 0.0701 e. The van der Waals surface area contributed by atoms with Crippen molar-refractivity contribution in [3.8, 4) is 0 Å². The first-order chi connectivity index (χ1) is 7.41. The zero-order valence-electron chi connectivity index (χ0n) is 9.70. The standard InChI is InChI=1S/C6H14O3.C4H8O2/c1-7-3-5-9-6-4-8-2;1-2-6-4-3-5-1/h3-6H2,1-2H3;1-4H2. The highest BCUT2D eigenvalue weighted by molar-refractivity contribution is 4.37. The molecule has 0 saturated carbocycles. The van der Waals surface area contributed by atoms with E-state index in [-0.39, 0.29) is 0 Å². The second-order valence-corrected chi connectivity index (χ2v) is 2.82. The average molecular weight is 222 g/mol. The predicted molar refractivity (Wildman–Crippen MR) is 56.2 cm³/mol. The molecule has 1 aliphatic heterocycles. The normalized spacial score (nSPS) is 15.6. The largest absolute Gasteiger partial charge is 0.382 e. The summed E-state index contributed by atoms with van der Waals surface area (Å²) in [4.78, 5) is 0. The lowest BCUT2D eigenvalue weighted by molar-refractivity contribution is -0.0334. The Bertz CT molecular complexity index is 88.5. The van der Waals surface area contributed by atoms with E-state index in [1.807, 2.05) is 0 Å². The molecule has 0 aromatic rings. The third-order valence-corrected chi connectivity index (χ3v) is 1.61. The topological polar surface area (TPSA) is 46.2 Å². The van der Waals surface area contributed by atoms with Crippen LogP contribution < -0.4 is 0 Å². The Kier molecular flexibility index (Phi) is 13.6. The zero-order chi connectivity index (χ0) is 11.2. The van der Waals surface area contributed by atoms with Crippen LogP contribution in [0.3, 0.4) is 0 Å². The Labute approximate surface area is 91.6 Å². The van der Waals surface area contributed by atoms with Gasteiger partial charge < -0.3 is 23.7 Å². The van der Waals surface area contributed by atoms with Crippen LogP contribution in [-0.4, -0.2) is 67.1 Å². The highest BCUT2D eigenvalue weighted by Gasteiger charge is 1.94. The molecule has 1 rings (SSSR count). The summed E-state index contributed by atoms with van der Waals surface area (Å²) in [5.74, 6) is 0. The van der Waals surface area contributed by atoms with Crippen molar-refractivity contribution in [3.05, 3.63) is 0 Å². The molecule has 1 heterocycles. The number of hydrogen-bond donors (Lipinski definition) is 0. The van der Waals surface area contributed by atoms with Crippen LogP contribution in [0, 0.1) is 0 Å². The van der Waals surface area contributed by atoms with Crippen molar-refractivity contribution in [2.45, 2.75) is 0 Å². The SMILES string of the molecule is C1COCCO1.COCCOCCOC. The van der Waals surface area contributed by atoms with Crippen molar-refractivity contribution >= 4 is 0 Å². The van der Waals surface area contributed by atoms with Gasteiger partial charge in [0.25, 0.3) is 0 Å². The molecule has 0 aliphatic carbocycles. The summed E-state index contributed by atoms with van der Waals surface area (Å²) in [5.41, 5.74) is 0. The number of rotatable bonds is 6. The van der Waals surface area contributed by atoms with Crippen LogP contribution in [0.4, 0.5) is 0 Å². The molecule has 1 saturated heterocycles. The van der Waals surface area contributed by atoms with Gasteiger partial charge in [0.2, 0.25) is 0 Å². The molecule has 0 radical (unpaired) electrons. The third-order valence-electron chi connectivity index (χ3n) is 1.61. The highest BCUT2D eigenvalue weighted by atomic mass is 16.6. The minimum absolute atomic E-state index is 0.653. The Morgan fingerprint density at radius 3 is 1.40 bits per heavy atom. The summed E-state index contributed by atoms with van der Waals surface area (Å²) < 4.78 is 24.5. The smallest absolute Gasteiger partial charge is 0.0701 e. The first-order valence-corrected chi connectivity index (χ1v) is 5.13. The molecule has 1 aliphatic rings. The summed E-state index contributed by atoms with van der Waals surface area (Å²) in [7, 11) is 3.30. The van der Waals surface area contributed by atoms with Crippen LogP contribution in [0.5, 0.6) is 0 Å². The Balaban J connectivity index is 0.000000280. The fraction of sp³-hybridized carbons (Fsp3) is 1.00. The van der Waals surface area contributed by atoms with Gasteiger partial charge in [-0.1, -0.05) is 0 Å². The summed E-state index contributed by atoms with van der Waals surface area (Å²) in [5, 5.41) is 0. The number of ether oxygens (including phenoxy) is 5. The predicted octanol–water partition coefficient (Wildman–Crippen LogP) is 0.329. The quantitative estimate of drug-likeness (QED) is 0.606. The van der Waals surface area contributed by atoms with Crippen molar-refractivity contribution in [2.75, 3.05) is 67.1 Å². The van der Waals surface area contributed by atoms with Crippen molar-refractivity contribution in [1.29, 1.82) is 0 Å². The van der Waals surface area contributed by atoms with Gasteiger partial charge in [-0.05, 0) is 0 Å². The zero-order valence-corrected chi connectivity index (χ0v) is 9.70. The molecule has 15 heavy (non-hydrogen) atoms. The van der Waals surface area contributed by atoms with E-state index >= 15 is 0 Å². The fourth-order valence-electron chi connectivity index (χ4n) is 0.826. The van der Waals surface area contributed by atoms with Gasteiger partial charge in [-0.3, -0.25) is 0 Å². The molecule has 0 unspecified atom stereocenters. The molecule has 5 heteroatoms. The fourth-order valence-corrected chi connectivity index (χ4v) is 0.826. The van der Waals surface area contributed by atoms with Gasteiger partial charge in [-0.2, -0.15) is 0 Å². The molecule has 0 N–H and O–H groups in total. The second kappa shape index (κ2) is 13.8. The van der Waals surface area contributed by atoms with E-state index in [0.29, 0.717) is 26.4 Å². The van der Waals surface area contributed by atoms with Crippen molar-refractivity contribution in [2.24, 2.45) is 0 Å². The van der Waals surface area contributed by atoms with E-state index in [1.54, 1.807) is 14.2 Å². The maximum absolute atomic E-state index is 5.06. The molecule has 5 nitrogen and oxygen atoms in total. The highest BCUT2D eigenvalue weighted by Crippen LogP contribution is 1.85. The number of hydrogen-bond acceptors (Lipinski definition) is 5. The van der Waals surface area contributed by atoms with E-state index in [1.165, 1.54) is 0 Å². The van der Waals surface area contributed by atoms with Crippen LogP contribution in [0.1, 0.15) is 0 Å². The summed E-state index contributed by atoms with van der Waals surface area (Å²) in [6.07, 6.45) is 0. The van der Waals surface area contributed by atoms with Crippen LogP contribution in [0.2, 0.25) is 0 Å². The molecular formula is C10H22O5. The summed E-state index contributed by atoms with van der Waals surface area (Å²) in [6, 6.07) is 0. The van der Waals surface area contributed by atoms with Gasteiger partial charge in [0.15, 0.2) is 0 Å². The van der Waals surface area contributed by atoms with E-state index in [0.717, 1.165) is 26.4 Å². The van der Waals surface area contributed by atoms with E-state index in [4.69, 9.17) is 23.7 Å². The Hall–Kier alpha value is -0.200. The molecule has 0 aromatic heterocycles. The monoisotopic (exact) mass is 222 g/mol. The first kappa shape index (κ1) is 14.8. The van der Waals surface area contributed by atoms with Gasteiger partial charge in [-0.25, -0.2) is 0 Å². The van der Waals surface area contributed by atoms with Gasteiger partial charge in [0, 0.05) is 14.2 Å². The van der Waals surface area contributed by atoms with Gasteiger partial charge in [0.05, 0.1) is 52.9 Å². The maximum atomic E-state index is 5.06. The van der Waals surface area contributed by atoms with Gasteiger partial charge in [0.1, 0.15) is 0 Å². The van der Waals surface area contributed by atoms with E-state index in [9.17, 15) is 0 Å². The minimum atomic E-state index is 0.653. The molecular weight excluding hydrogens is 200 g/mol. The van der Waals surface area contributed by atoms with Crippen molar-refractivity contribution < 1.29 is 23.7 Å². The molecule has 92 valence electrons. The summed E-state index contributed by atoms with van der Waals surface area (Å²) >= 11 is 0. The van der Waals surface area contributed by atoms with Crippen LogP contribution >= 0.6 is 0 Å². The van der Waals surface area contributed by atoms with Crippen LogP contribution in [0.15, 0.2) is 0 Å². The number of methoxy groups -OCH3 is 2. The molecule has 0 amide bonds. The van der Waals surface area contributed by atoms with E-state index in [2.05, 4.69) is 0 Å². The van der Waals surface area contributed by atoms with E-state index < -0.39 is 0 Å². The Morgan fingerprint density at radius 1 is 0.733 bits per heavy atom. The third kappa shape index (κ3) is 13.8. The lowest BCUT2D eigenvalue weighted by Gasteiger charge is -2.09. The summed E-state index contributed by atoms with van der Waals surface area (Å²) in [6.45, 7) is 5.73. The molecule has 0 spiro atoms. The van der Waals surface area contributed by atoms with Crippen LogP contribution in [0.25, 0.3) is 0 Å². The molecule has 1 fully saturated rings. The van der Waals surface area contributed by atoms with Crippen molar-refractivity contribution in [1.82, 2.24) is 0 Å². The van der Waals surface area contributed by atoms with Crippen LogP contribution in [-0.2, 0) is 23.7 Å². The van der Waals surface area contributed by atoms with Crippen molar-refractivity contribution in [3.63, 3.8) is 0 Å². The Morgan fingerprint density at radius 2 is 1.13 bits per heavy atom. The molecule has 0 bridgehead atoms. The average Bonchev–Trinajstić information content (AvgIpc) is 2.32. The second-order valence-electron chi connectivity index (χ2n) is 2.82. The molecule has 0 aromatic carbocycles. The minimum Gasteiger partial charge on any atom is -0.382 e. The lowest BCUT2D eigenvalue weighted by Crippen LogP contribution is -2.16. The molecule has 0 atom stereocenters. The first-order valence-electron chi connectivity index (χ1n) is 5.13. The van der Waals surface area contributed by atoms with Gasteiger partial charge in [-0.15, -0.1) is 0 Å². The van der Waals surface area contributed by atoms with Gasteiger partial charge >= 0.3 is 0 Å².